The molecule has 0 aliphatic carbocycles. The maximum absolute atomic E-state index is 12.5. The van der Waals surface area contributed by atoms with Gasteiger partial charge in [0.2, 0.25) is 10.0 Å². The molecule has 0 atom stereocenters. The van der Waals surface area contributed by atoms with Crippen LogP contribution in [0.4, 0.5) is 0 Å². The number of halogens is 2. The molecule has 0 unspecified atom stereocenters. The lowest BCUT2D eigenvalue weighted by molar-refractivity contribution is -0.120. The first-order valence-corrected chi connectivity index (χ1v) is 11.6. The zero-order valence-electron chi connectivity index (χ0n) is 16.3. The lowest BCUT2D eigenvalue weighted by Crippen LogP contribution is -2.35. The second-order valence-electron chi connectivity index (χ2n) is 6.78. The molecule has 1 aliphatic heterocycles. The lowest BCUT2D eigenvalue weighted by Gasteiger charge is -2.15. The van der Waals surface area contributed by atoms with Crippen molar-refractivity contribution in [3.63, 3.8) is 0 Å². The van der Waals surface area contributed by atoms with E-state index in [4.69, 9.17) is 23.2 Å². The number of rotatable bonds is 7. The second kappa shape index (κ2) is 10.2. The molecule has 164 valence electrons. The van der Waals surface area contributed by atoms with E-state index >= 15 is 0 Å². The van der Waals surface area contributed by atoms with Gasteiger partial charge in [-0.2, -0.15) is 9.41 Å². The van der Waals surface area contributed by atoms with Crippen LogP contribution in [0, 0.1) is 0 Å². The van der Waals surface area contributed by atoms with Crippen molar-refractivity contribution < 1.29 is 18.0 Å². The summed E-state index contributed by atoms with van der Waals surface area (Å²) in [6.45, 7) is 0.705. The summed E-state index contributed by atoms with van der Waals surface area (Å²) in [5, 5.41) is 7.10. The molecule has 0 bridgehead atoms. The fourth-order valence-electron chi connectivity index (χ4n) is 2.94. The Balaban J connectivity index is 1.51. The average molecular weight is 483 g/mol. The number of carbonyl (C=O) groups is 2. The fraction of sp³-hybridized carbons (Fsp3) is 0.250. The molecule has 1 aliphatic rings. The first-order chi connectivity index (χ1) is 14.8. The van der Waals surface area contributed by atoms with E-state index in [-0.39, 0.29) is 17.0 Å². The summed E-state index contributed by atoms with van der Waals surface area (Å²) in [5.41, 5.74) is 3.09. The quantitative estimate of drug-likeness (QED) is 0.466. The van der Waals surface area contributed by atoms with E-state index in [0.29, 0.717) is 28.7 Å². The Hall–Kier alpha value is -2.46. The number of hydrazone groups is 1. The third kappa shape index (κ3) is 6.04. The summed E-state index contributed by atoms with van der Waals surface area (Å²) in [6, 6.07) is 10.4. The molecule has 0 spiro atoms. The Kier molecular flexibility index (Phi) is 7.66. The molecule has 11 heteroatoms. The maximum Gasteiger partial charge on any atom is 0.259 e. The monoisotopic (exact) mass is 482 g/mol. The van der Waals surface area contributed by atoms with Crippen LogP contribution in [-0.2, 0) is 14.8 Å². The van der Waals surface area contributed by atoms with E-state index in [2.05, 4.69) is 15.8 Å². The van der Waals surface area contributed by atoms with E-state index in [1.807, 2.05) is 0 Å². The van der Waals surface area contributed by atoms with Crippen molar-refractivity contribution >= 4 is 51.3 Å². The van der Waals surface area contributed by atoms with Gasteiger partial charge < -0.3 is 5.32 Å². The molecule has 2 aromatic carbocycles. The van der Waals surface area contributed by atoms with Gasteiger partial charge in [0.1, 0.15) is 0 Å². The summed E-state index contributed by atoms with van der Waals surface area (Å²) in [6.07, 6.45) is 3.05. The van der Waals surface area contributed by atoms with E-state index < -0.39 is 21.8 Å². The van der Waals surface area contributed by atoms with Crippen LogP contribution in [-0.4, -0.2) is 50.4 Å². The first kappa shape index (κ1) is 23.2. The first-order valence-electron chi connectivity index (χ1n) is 9.43. The van der Waals surface area contributed by atoms with Gasteiger partial charge in [0.15, 0.2) is 0 Å². The minimum Gasteiger partial charge on any atom is -0.343 e. The normalized spacial score (nSPS) is 14.6. The van der Waals surface area contributed by atoms with Gasteiger partial charge in [-0.05, 0) is 49.2 Å². The number of nitrogens with zero attached hydrogens (tertiary/aromatic N) is 2. The number of carbonyl (C=O) groups excluding carboxylic acids is 2. The van der Waals surface area contributed by atoms with Crippen molar-refractivity contribution in [1.82, 2.24) is 15.0 Å². The Labute approximate surface area is 190 Å². The smallest absolute Gasteiger partial charge is 0.259 e. The fourth-order valence-corrected chi connectivity index (χ4v) is 4.91. The maximum atomic E-state index is 12.5. The Morgan fingerprint density at radius 3 is 2.39 bits per heavy atom. The van der Waals surface area contributed by atoms with Gasteiger partial charge in [0.05, 0.1) is 22.7 Å². The number of amides is 2. The summed E-state index contributed by atoms with van der Waals surface area (Å²) >= 11 is 11.8. The van der Waals surface area contributed by atoms with Crippen LogP contribution in [0.25, 0.3) is 0 Å². The zero-order valence-corrected chi connectivity index (χ0v) is 18.7. The molecule has 8 nitrogen and oxygen atoms in total. The lowest BCUT2D eigenvalue weighted by atomic mass is 10.2. The van der Waals surface area contributed by atoms with E-state index in [1.54, 1.807) is 18.2 Å². The molecular formula is C20H20Cl2N4O4S. The van der Waals surface area contributed by atoms with Gasteiger partial charge in [-0.25, -0.2) is 13.8 Å². The molecule has 1 fully saturated rings. The number of benzene rings is 2. The van der Waals surface area contributed by atoms with Crippen LogP contribution in [0.5, 0.6) is 0 Å². The second-order valence-corrected chi connectivity index (χ2v) is 9.56. The van der Waals surface area contributed by atoms with Gasteiger partial charge in [0.25, 0.3) is 11.8 Å². The van der Waals surface area contributed by atoms with Crippen LogP contribution in [0.1, 0.15) is 28.8 Å². The molecule has 3 rings (SSSR count). The average Bonchev–Trinajstić information content (AvgIpc) is 3.29. The summed E-state index contributed by atoms with van der Waals surface area (Å²) in [4.78, 5) is 24.2. The highest BCUT2D eigenvalue weighted by molar-refractivity contribution is 7.89. The van der Waals surface area contributed by atoms with Crippen LogP contribution < -0.4 is 10.7 Å². The molecule has 0 saturated carbocycles. The third-order valence-corrected chi connectivity index (χ3v) is 7.06. The molecule has 31 heavy (non-hydrogen) atoms. The van der Waals surface area contributed by atoms with E-state index in [0.717, 1.165) is 12.8 Å². The van der Waals surface area contributed by atoms with Gasteiger partial charge in [0, 0.05) is 29.2 Å². The molecule has 1 heterocycles. The third-order valence-electron chi connectivity index (χ3n) is 4.58. The van der Waals surface area contributed by atoms with Crippen LogP contribution in [0.2, 0.25) is 10.0 Å². The van der Waals surface area contributed by atoms with Crippen LogP contribution in [0.3, 0.4) is 0 Å². The Bertz CT molecular complexity index is 1100. The molecule has 0 radical (unpaired) electrons. The number of hydrogen-bond donors (Lipinski definition) is 2. The van der Waals surface area contributed by atoms with Crippen molar-refractivity contribution in [2.45, 2.75) is 17.7 Å². The van der Waals surface area contributed by atoms with Gasteiger partial charge in [-0.1, -0.05) is 29.3 Å². The molecular weight excluding hydrogens is 463 g/mol. The Morgan fingerprint density at radius 2 is 1.74 bits per heavy atom. The summed E-state index contributed by atoms with van der Waals surface area (Å²) in [7, 11) is -3.54. The highest BCUT2D eigenvalue weighted by Crippen LogP contribution is 2.21. The topological polar surface area (TPSA) is 108 Å². The van der Waals surface area contributed by atoms with Gasteiger partial charge in [-0.3, -0.25) is 9.59 Å². The highest BCUT2D eigenvalue weighted by atomic mass is 35.5. The Morgan fingerprint density at radius 1 is 1.06 bits per heavy atom. The predicted molar refractivity (Wildman–Crippen MR) is 119 cm³/mol. The molecule has 2 N–H and O–H groups in total. The van der Waals surface area contributed by atoms with E-state index in [9.17, 15) is 18.0 Å². The van der Waals surface area contributed by atoms with Gasteiger partial charge in [-0.15, -0.1) is 0 Å². The zero-order chi connectivity index (χ0) is 22.4. The standard InChI is InChI=1S/C20H20Cl2N4O4S/c21-16-6-3-15(18(22)11-16)12-24-25-19(27)13-23-20(28)14-4-7-17(8-5-14)31(29,30)26-9-1-2-10-26/h3-8,11-12H,1-2,9-10,13H2,(H,23,28)(H,25,27). The van der Waals surface area contributed by atoms with Crippen molar-refractivity contribution in [2.24, 2.45) is 5.10 Å². The minimum atomic E-state index is -3.54. The molecule has 2 amide bonds. The van der Waals surface area contributed by atoms with Crippen LogP contribution in [0.15, 0.2) is 52.5 Å². The number of nitrogens with one attached hydrogen (secondary N) is 2. The largest absolute Gasteiger partial charge is 0.343 e. The van der Waals surface area contributed by atoms with Crippen molar-refractivity contribution in [2.75, 3.05) is 19.6 Å². The van der Waals surface area contributed by atoms with E-state index in [1.165, 1.54) is 34.8 Å². The SMILES string of the molecule is O=C(CNC(=O)c1ccc(S(=O)(=O)N2CCCC2)cc1)NN=Cc1ccc(Cl)cc1Cl. The molecule has 2 aromatic rings. The number of hydrogen-bond acceptors (Lipinski definition) is 5. The molecule has 1 saturated heterocycles. The predicted octanol–water partition coefficient (Wildman–Crippen LogP) is 2.66. The number of sulfonamides is 1. The summed E-state index contributed by atoms with van der Waals surface area (Å²) in [5.74, 6) is -1.05. The van der Waals surface area contributed by atoms with Crippen molar-refractivity contribution in [3.05, 3.63) is 63.6 Å². The summed E-state index contributed by atoms with van der Waals surface area (Å²) < 4.78 is 26.5. The molecule has 0 aromatic heterocycles. The van der Waals surface area contributed by atoms with Crippen LogP contribution >= 0.6 is 23.2 Å². The van der Waals surface area contributed by atoms with Crippen molar-refractivity contribution in [3.8, 4) is 0 Å². The van der Waals surface area contributed by atoms with Crippen molar-refractivity contribution in [1.29, 1.82) is 0 Å². The highest BCUT2D eigenvalue weighted by Gasteiger charge is 2.27. The minimum absolute atomic E-state index is 0.138. The van der Waals surface area contributed by atoms with Gasteiger partial charge >= 0.3 is 0 Å².